The van der Waals surface area contributed by atoms with Gasteiger partial charge in [-0.3, -0.25) is 4.79 Å². The molecule has 0 saturated heterocycles. The second kappa shape index (κ2) is 5.89. The first-order chi connectivity index (χ1) is 9.08. The highest BCUT2D eigenvalue weighted by Crippen LogP contribution is 2.20. The van der Waals surface area contributed by atoms with Gasteiger partial charge in [-0.25, -0.2) is 4.98 Å². The van der Waals surface area contributed by atoms with Crippen LogP contribution in [-0.4, -0.2) is 15.5 Å². The zero-order valence-electron chi connectivity index (χ0n) is 11.0. The van der Waals surface area contributed by atoms with Crippen LogP contribution in [0.3, 0.4) is 0 Å². The number of rotatable bonds is 4. The van der Waals surface area contributed by atoms with Crippen molar-refractivity contribution >= 4 is 23.2 Å². The lowest BCUT2D eigenvalue weighted by Crippen LogP contribution is -2.15. The summed E-state index contributed by atoms with van der Waals surface area (Å²) in [6, 6.07) is 7.20. The van der Waals surface area contributed by atoms with E-state index in [2.05, 4.69) is 10.3 Å². The topological polar surface area (TPSA) is 46.9 Å². The molecule has 0 aliphatic carbocycles. The number of imidazole rings is 1. The Hall–Kier alpha value is -1.81. The van der Waals surface area contributed by atoms with Gasteiger partial charge < -0.3 is 9.88 Å². The molecule has 0 spiro atoms. The van der Waals surface area contributed by atoms with Gasteiger partial charge in [0.2, 0.25) is 5.91 Å². The average molecular weight is 278 g/mol. The van der Waals surface area contributed by atoms with Crippen molar-refractivity contribution in [3.8, 4) is 0 Å². The van der Waals surface area contributed by atoms with Crippen LogP contribution in [0.4, 0.5) is 5.69 Å². The lowest BCUT2D eigenvalue weighted by atomic mass is 10.3. The first-order valence-electron chi connectivity index (χ1n) is 6.10. The predicted octanol–water partition coefficient (Wildman–Crippen LogP) is 3.18. The van der Waals surface area contributed by atoms with Crippen molar-refractivity contribution in [1.82, 2.24) is 9.55 Å². The molecule has 0 fully saturated rings. The maximum atomic E-state index is 11.9. The fourth-order valence-corrected chi connectivity index (χ4v) is 1.95. The third-order valence-corrected chi connectivity index (χ3v) is 3.40. The summed E-state index contributed by atoms with van der Waals surface area (Å²) in [5.74, 6) is -0.0566. The van der Waals surface area contributed by atoms with Crippen LogP contribution in [0.1, 0.15) is 17.8 Å². The number of carbonyl (C=O) groups is 1. The molecule has 0 radical (unpaired) electrons. The average Bonchev–Trinajstić information content (AvgIpc) is 2.70. The summed E-state index contributed by atoms with van der Waals surface area (Å²) in [5, 5.41) is 3.35. The number of hydrogen-bond acceptors (Lipinski definition) is 2. The third-order valence-electron chi connectivity index (χ3n) is 3.07. The highest BCUT2D eigenvalue weighted by molar-refractivity contribution is 6.33. The maximum absolute atomic E-state index is 11.9. The number of aromatic nitrogens is 2. The zero-order chi connectivity index (χ0) is 13.8. The molecule has 1 aromatic carbocycles. The highest BCUT2D eigenvalue weighted by Gasteiger charge is 2.07. The molecule has 1 heterocycles. The molecule has 19 heavy (non-hydrogen) atoms. The van der Waals surface area contributed by atoms with Crippen LogP contribution in [0.5, 0.6) is 0 Å². The summed E-state index contributed by atoms with van der Waals surface area (Å²) in [6.07, 6.45) is 2.15. The van der Waals surface area contributed by atoms with Crippen LogP contribution >= 0.6 is 11.6 Å². The van der Waals surface area contributed by atoms with E-state index in [1.54, 1.807) is 18.5 Å². The van der Waals surface area contributed by atoms with Crippen molar-refractivity contribution in [2.24, 2.45) is 0 Å². The molecular weight excluding hydrogens is 262 g/mol. The predicted molar refractivity (Wildman–Crippen MR) is 76.4 cm³/mol. The highest BCUT2D eigenvalue weighted by atomic mass is 35.5. The Morgan fingerprint density at radius 1 is 1.37 bits per heavy atom. The quantitative estimate of drug-likeness (QED) is 0.933. The monoisotopic (exact) mass is 277 g/mol. The van der Waals surface area contributed by atoms with Crippen molar-refractivity contribution in [2.75, 3.05) is 5.32 Å². The van der Waals surface area contributed by atoms with E-state index in [9.17, 15) is 4.79 Å². The lowest BCUT2D eigenvalue weighted by molar-refractivity contribution is -0.116. The molecule has 100 valence electrons. The van der Waals surface area contributed by atoms with Crippen LogP contribution in [0, 0.1) is 13.8 Å². The fourth-order valence-electron chi connectivity index (χ4n) is 1.77. The Morgan fingerprint density at radius 2 is 2.11 bits per heavy atom. The number of nitrogens with one attached hydrogen (secondary N) is 1. The number of halogens is 1. The van der Waals surface area contributed by atoms with Crippen LogP contribution in [0.2, 0.25) is 5.02 Å². The van der Waals surface area contributed by atoms with E-state index >= 15 is 0 Å². The Morgan fingerprint density at radius 3 is 2.74 bits per heavy atom. The Balaban J connectivity index is 1.92. The van der Waals surface area contributed by atoms with E-state index in [0.29, 0.717) is 23.7 Å². The summed E-state index contributed by atoms with van der Waals surface area (Å²) < 4.78 is 1.97. The summed E-state index contributed by atoms with van der Waals surface area (Å²) in [5.41, 5.74) is 2.73. The molecule has 0 saturated carbocycles. The van der Waals surface area contributed by atoms with E-state index in [0.717, 1.165) is 11.4 Å². The fraction of sp³-hybridized carbons (Fsp3) is 0.286. The van der Waals surface area contributed by atoms with Gasteiger partial charge in [0.05, 0.1) is 22.7 Å². The normalized spacial score (nSPS) is 10.5. The molecule has 5 heteroatoms. The van der Waals surface area contributed by atoms with Gasteiger partial charge in [-0.05, 0) is 26.0 Å². The Kier molecular flexibility index (Phi) is 4.22. The minimum absolute atomic E-state index is 0.0566. The number of carbonyl (C=O) groups excluding carboxylic acids is 1. The molecule has 4 nitrogen and oxygen atoms in total. The number of aryl methyl sites for hydroxylation is 2. The standard InChI is InChI=1S/C14H16ClN3O/c1-10-11(2)18(9-16-10)8-7-14(19)17-13-6-4-3-5-12(13)15/h3-6,9H,7-8H2,1-2H3,(H,17,19). The summed E-state index contributed by atoms with van der Waals surface area (Å²) in [4.78, 5) is 16.1. The van der Waals surface area contributed by atoms with Gasteiger partial charge >= 0.3 is 0 Å². The number of anilines is 1. The number of amides is 1. The minimum atomic E-state index is -0.0566. The van der Waals surface area contributed by atoms with Gasteiger partial charge in [0, 0.05) is 18.7 Å². The smallest absolute Gasteiger partial charge is 0.226 e. The van der Waals surface area contributed by atoms with E-state index in [-0.39, 0.29) is 5.91 Å². The van der Waals surface area contributed by atoms with E-state index in [1.807, 2.05) is 30.5 Å². The molecule has 0 atom stereocenters. The Labute approximate surface area is 117 Å². The van der Waals surface area contributed by atoms with Crippen molar-refractivity contribution in [2.45, 2.75) is 26.8 Å². The SMILES string of the molecule is Cc1ncn(CCC(=O)Nc2ccccc2Cl)c1C. The molecule has 0 aliphatic rings. The molecule has 0 unspecified atom stereocenters. The molecular formula is C14H16ClN3O. The first-order valence-corrected chi connectivity index (χ1v) is 6.48. The van der Waals surface area contributed by atoms with Crippen molar-refractivity contribution in [3.63, 3.8) is 0 Å². The van der Waals surface area contributed by atoms with E-state index in [4.69, 9.17) is 11.6 Å². The van der Waals surface area contributed by atoms with E-state index in [1.165, 1.54) is 0 Å². The number of benzene rings is 1. The molecule has 1 N–H and O–H groups in total. The van der Waals surface area contributed by atoms with Gasteiger partial charge in [-0.1, -0.05) is 23.7 Å². The third kappa shape index (κ3) is 3.35. The van der Waals surface area contributed by atoms with E-state index < -0.39 is 0 Å². The molecule has 0 aliphatic heterocycles. The molecule has 1 amide bonds. The van der Waals surface area contributed by atoms with Gasteiger partial charge in [0.25, 0.3) is 0 Å². The number of nitrogens with zero attached hydrogens (tertiary/aromatic N) is 2. The zero-order valence-corrected chi connectivity index (χ0v) is 11.7. The van der Waals surface area contributed by atoms with Crippen molar-refractivity contribution in [3.05, 3.63) is 47.0 Å². The number of hydrogen-bond donors (Lipinski definition) is 1. The van der Waals surface area contributed by atoms with Crippen LogP contribution in [-0.2, 0) is 11.3 Å². The van der Waals surface area contributed by atoms with Crippen molar-refractivity contribution < 1.29 is 4.79 Å². The summed E-state index contributed by atoms with van der Waals surface area (Å²) in [6.45, 7) is 4.56. The van der Waals surface area contributed by atoms with Gasteiger partial charge in [0.1, 0.15) is 0 Å². The van der Waals surface area contributed by atoms with Gasteiger partial charge in [-0.2, -0.15) is 0 Å². The van der Waals surface area contributed by atoms with Gasteiger partial charge in [-0.15, -0.1) is 0 Å². The number of para-hydroxylation sites is 1. The second-order valence-electron chi connectivity index (χ2n) is 4.39. The minimum Gasteiger partial charge on any atom is -0.334 e. The van der Waals surface area contributed by atoms with Gasteiger partial charge in [0.15, 0.2) is 0 Å². The largest absolute Gasteiger partial charge is 0.334 e. The van der Waals surface area contributed by atoms with Crippen LogP contribution in [0.25, 0.3) is 0 Å². The summed E-state index contributed by atoms with van der Waals surface area (Å²) in [7, 11) is 0. The molecule has 2 aromatic rings. The van der Waals surface area contributed by atoms with Crippen LogP contribution < -0.4 is 5.32 Å². The molecule has 2 rings (SSSR count). The lowest BCUT2D eigenvalue weighted by Gasteiger charge is -2.08. The Bertz CT molecular complexity index is 592. The second-order valence-corrected chi connectivity index (χ2v) is 4.79. The summed E-state index contributed by atoms with van der Waals surface area (Å²) >= 11 is 5.98. The molecule has 1 aromatic heterocycles. The maximum Gasteiger partial charge on any atom is 0.226 e. The van der Waals surface area contributed by atoms with Crippen LogP contribution in [0.15, 0.2) is 30.6 Å². The molecule has 0 bridgehead atoms. The first kappa shape index (κ1) is 13.6. The van der Waals surface area contributed by atoms with Crippen molar-refractivity contribution in [1.29, 1.82) is 0 Å².